The Kier molecular flexibility index (Phi) is 4.08. The Hall–Kier alpha value is -0.940. The summed E-state index contributed by atoms with van der Waals surface area (Å²) < 4.78 is 2.89. The number of anilines is 1. The maximum Gasteiger partial charge on any atom is 0.129 e. The van der Waals surface area contributed by atoms with Crippen LogP contribution in [0, 0.1) is 0 Å². The predicted octanol–water partition coefficient (Wildman–Crippen LogP) is 4.04. The van der Waals surface area contributed by atoms with Crippen LogP contribution in [0.4, 0.5) is 5.82 Å². The molecule has 0 saturated carbocycles. The highest BCUT2D eigenvalue weighted by Crippen LogP contribution is 2.37. The molecule has 1 aliphatic rings. The molecule has 3 rings (SSSR count). The molecule has 2 N–H and O–H groups in total. The van der Waals surface area contributed by atoms with E-state index in [0.29, 0.717) is 11.7 Å². The van der Waals surface area contributed by atoms with Gasteiger partial charge in [-0.25, -0.2) is 0 Å². The zero-order valence-corrected chi connectivity index (χ0v) is 13.9. The van der Waals surface area contributed by atoms with Gasteiger partial charge in [-0.3, -0.25) is 4.68 Å². The van der Waals surface area contributed by atoms with E-state index in [9.17, 15) is 0 Å². The Morgan fingerprint density at radius 3 is 2.70 bits per heavy atom. The van der Waals surface area contributed by atoms with Gasteiger partial charge >= 0.3 is 0 Å². The number of thioether (sulfide) groups is 1. The van der Waals surface area contributed by atoms with Crippen LogP contribution in [0.1, 0.15) is 24.3 Å². The molecule has 1 aliphatic heterocycles. The van der Waals surface area contributed by atoms with Gasteiger partial charge in [-0.1, -0.05) is 28.1 Å². The third kappa shape index (κ3) is 2.61. The average molecular weight is 352 g/mol. The molecule has 0 amide bonds. The molecule has 106 valence electrons. The van der Waals surface area contributed by atoms with Crippen molar-refractivity contribution >= 4 is 33.5 Å². The summed E-state index contributed by atoms with van der Waals surface area (Å²) in [4.78, 5) is 0. The Bertz CT molecular complexity index is 618. The topological polar surface area (TPSA) is 43.8 Å². The third-order valence-electron chi connectivity index (χ3n) is 3.96. The highest BCUT2D eigenvalue weighted by Gasteiger charge is 2.19. The third-order valence-corrected chi connectivity index (χ3v) is 5.69. The van der Waals surface area contributed by atoms with Crippen LogP contribution in [0.5, 0.6) is 0 Å². The summed E-state index contributed by atoms with van der Waals surface area (Å²) in [7, 11) is 1.86. The molecule has 0 atom stereocenters. The van der Waals surface area contributed by atoms with Crippen molar-refractivity contribution in [1.29, 1.82) is 0 Å². The van der Waals surface area contributed by atoms with E-state index in [2.05, 4.69) is 51.0 Å². The van der Waals surface area contributed by atoms with Crippen molar-refractivity contribution in [2.24, 2.45) is 7.05 Å². The molecule has 0 aliphatic carbocycles. The fraction of sp³-hybridized carbons (Fsp3) is 0.400. The van der Waals surface area contributed by atoms with Crippen LogP contribution in [-0.2, 0) is 7.05 Å². The SMILES string of the molecule is Cn1ncc(-c2ccc(C3CCSCC3)c(Br)c2)c1N. The minimum absolute atomic E-state index is 0.686. The molecule has 0 spiro atoms. The molecule has 1 aromatic heterocycles. The van der Waals surface area contributed by atoms with Gasteiger partial charge in [0.15, 0.2) is 0 Å². The van der Waals surface area contributed by atoms with Crippen LogP contribution < -0.4 is 5.73 Å². The van der Waals surface area contributed by atoms with E-state index in [1.807, 2.05) is 13.2 Å². The Morgan fingerprint density at radius 2 is 2.10 bits per heavy atom. The molecule has 5 heteroatoms. The minimum Gasteiger partial charge on any atom is -0.383 e. The molecule has 3 nitrogen and oxygen atoms in total. The summed E-state index contributed by atoms with van der Waals surface area (Å²) >= 11 is 5.80. The zero-order chi connectivity index (χ0) is 14.1. The van der Waals surface area contributed by atoms with E-state index in [0.717, 1.165) is 11.1 Å². The monoisotopic (exact) mass is 351 g/mol. The van der Waals surface area contributed by atoms with E-state index in [-0.39, 0.29) is 0 Å². The van der Waals surface area contributed by atoms with Crippen LogP contribution >= 0.6 is 27.7 Å². The molecular weight excluding hydrogens is 334 g/mol. The molecule has 1 aromatic carbocycles. The first-order valence-electron chi connectivity index (χ1n) is 6.82. The highest BCUT2D eigenvalue weighted by atomic mass is 79.9. The summed E-state index contributed by atoms with van der Waals surface area (Å²) in [5.74, 6) is 3.94. The average Bonchev–Trinajstić information content (AvgIpc) is 2.80. The number of hydrogen-bond donors (Lipinski definition) is 1. The van der Waals surface area contributed by atoms with Gasteiger partial charge in [0.25, 0.3) is 0 Å². The second kappa shape index (κ2) is 5.82. The van der Waals surface area contributed by atoms with Crippen LogP contribution in [0.15, 0.2) is 28.9 Å². The van der Waals surface area contributed by atoms with Crippen LogP contribution in [0.3, 0.4) is 0 Å². The Labute approximate surface area is 132 Å². The van der Waals surface area contributed by atoms with Crippen molar-refractivity contribution in [2.45, 2.75) is 18.8 Å². The fourth-order valence-electron chi connectivity index (χ4n) is 2.70. The van der Waals surface area contributed by atoms with Crippen molar-refractivity contribution in [3.05, 3.63) is 34.4 Å². The molecule has 1 fully saturated rings. The lowest BCUT2D eigenvalue weighted by molar-refractivity contribution is 0.635. The number of nitrogens with zero attached hydrogens (tertiary/aromatic N) is 2. The second-order valence-corrected chi connectivity index (χ2v) is 7.27. The Balaban J connectivity index is 1.92. The smallest absolute Gasteiger partial charge is 0.129 e. The zero-order valence-electron chi connectivity index (χ0n) is 11.5. The number of halogens is 1. The first-order valence-corrected chi connectivity index (χ1v) is 8.76. The van der Waals surface area contributed by atoms with Gasteiger partial charge in [0.05, 0.1) is 6.20 Å². The molecule has 2 heterocycles. The summed E-state index contributed by atoms with van der Waals surface area (Å²) in [5.41, 5.74) is 9.60. The number of nitrogens with two attached hydrogens (primary N) is 1. The van der Waals surface area contributed by atoms with Gasteiger partial charge < -0.3 is 5.73 Å². The van der Waals surface area contributed by atoms with E-state index < -0.39 is 0 Å². The summed E-state index contributed by atoms with van der Waals surface area (Å²) in [6.45, 7) is 0. The van der Waals surface area contributed by atoms with Gasteiger partial charge in [0.2, 0.25) is 0 Å². The fourth-order valence-corrected chi connectivity index (χ4v) is 4.51. The van der Waals surface area contributed by atoms with E-state index in [1.165, 1.54) is 34.4 Å². The maximum absolute atomic E-state index is 6.05. The number of aromatic nitrogens is 2. The number of benzene rings is 1. The molecule has 20 heavy (non-hydrogen) atoms. The first-order chi connectivity index (χ1) is 9.66. The standard InChI is InChI=1S/C15H18BrN3S/c1-19-15(17)13(9-18-19)11-2-3-12(14(16)8-11)10-4-6-20-7-5-10/h2-3,8-10H,4-7,17H2,1H3. The highest BCUT2D eigenvalue weighted by molar-refractivity contribution is 9.10. The van der Waals surface area contributed by atoms with Crippen molar-refractivity contribution in [2.75, 3.05) is 17.2 Å². The van der Waals surface area contributed by atoms with Crippen LogP contribution in [0.25, 0.3) is 11.1 Å². The number of rotatable bonds is 2. The van der Waals surface area contributed by atoms with Gasteiger partial charge in [0.1, 0.15) is 5.82 Å². The van der Waals surface area contributed by atoms with E-state index in [4.69, 9.17) is 5.73 Å². The van der Waals surface area contributed by atoms with E-state index >= 15 is 0 Å². The molecule has 0 unspecified atom stereocenters. The predicted molar refractivity (Wildman–Crippen MR) is 90.1 cm³/mol. The minimum atomic E-state index is 0.686. The van der Waals surface area contributed by atoms with Gasteiger partial charge in [0, 0.05) is 17.1 Å². The largest absolute Gasteiger partial charge is 0.383 e. The Morgan fingerprint density at radius 1 is 1.35 bits per heavy atom. The quantitative estimate of drug-likeness (QED) is 0.887. The van der Waals surface area contributed by atoms with Crippen molar-refractivity contribution in [3.8, 4) is 11.1 Å². The second-order valence-electron chi connectivity index (χ2n) is 5.19. The molecule has 1 saturated heterocycles. The van der Waals surface area contributed by atoms with Gasteiger partial charge in [-0.05, 0) is 47.5 Å². The summed E-state index contributed by atoms with van der Waals surface area (Å²) in [6.07, 6.45) is 4.38. The molecule has 0 radical (unpaired) electrons. The lowest BCUT2D eigenvalue weighted by atomic mass is 9.92. The van der Waals surface area contributed by atoms with Crippen molar-refractivity contribution in [1.82, 2.24) is 9.78 Å². The lowest BCUT2D eigenvalue weighted by Crippen LogP contribution is -2.08. The summed E-state index contributed by atoms with van der Waals surface area (Å²) in [6, 6.07) is 6.58. The molecule has 0 bridgehead atoms. The van der Waals surface area contributed by atoms with Crippen molar-refractivity contribution < 1.29 is 0 Å². The van der Waals surface area contributed by atoms with Gasteiger partial charge in [-0.2, -0.15) is 16.9 Å². The maximum atomic E-state index is 6.05. The molecular formula is C15H18BrN3S. The van der Waals surface area contributed by atoms with Crippen LogP contribution in [-0.4, -0.2) is 21.3 Å². The molecule has 2 aromatic rings. The normalized spacial score (nSPS) is 16.5. The lowest BCUT2D eigenvalue weighted by Gasteiger charge is -2.23. The summed E-state index contributed by atoms with van der Waals surface area (Å²) in [5, 5.41) is 4.21. The number of aryl methyl sites for hydroxylation is 1. The number of nitrogen functional groups attached to an aromatic ring is 1. The van der Waals surface area contributed by atoms with Crippen LogP contribution in [0.2, 0.25) is 0 Å². The van der Waals surface area contributed by atoms with E-state index in [1.54, 1.807) is 4.68 Å². The first kappa shape index (κ1) is 14.0. The van der Waals surface area contributed by atoms with Gasteiger partial charge in [-0.15, -0.1) is 0 Å². The number of hydrogen-bond acceptors (Lipinski definition) is 3. The van der Waals surface area contributed by atoms with Crippen molar-refractivity contribution in [3.63, 3.8) is 0 Å².